The molecular formula is C16H12B2O4. The fourth-order valence-corrected chi connectivity index (χ4v) is 3.38. The molecule has 0 radical (unpaired) electrons. The average molecular weight is 290 g/mol. The lowest BCUT2D eigenvalue weighted by molar-refractivity contribution is 0.426. The lowest BCUT2D eigenvalue weighted by Crippen LogP contribution is -2.38. The largest absolute Gasteiger partial charge is 0.489 e. The average Bonchev–Trinajstić information content (AvgIpc) is 2.83. The van der Waals surface area contributed by atoms with Gasteiger partial charge in [0, 0.05) is 0 Å². The van der Waals surface area contributed by atoms with Crippen LogP contribution in [0.4, 0.5) is 0 Å². The van der Waals surface area contributed by atoms with Crippen LogP contribution in [0.3, 0.4) is 0 Å². The van der Waals surface area contributed by atoms with Gasteiger partial charge < -0.3 is 20.1 Å². The zero-order valence-corrected chi connectivity index (χ0v) is 11.6. The van der Waals surface area contributed by atoms with E-state index >= 15 is 0 Å². The molecule has 0 saturated heterocycles. The van der Waals surface area contributed by atoms with Crippen molar-refractivity contribution in [1.29, 1.82) is 0 Å². The molecule has 0 spiro atoms. The van der Waals surface area contributed by atoms with Gasteiger partial charge in [0.2, 0.25) is 0 Å². The molecule has 0 fully saturated rings. The normalized spacial score (nSPS) is 11.6. The van der Waals surface area contributed by atoms with Gasteiger partial charge in [-0.25, -0.2) is 0 Å². The van der Waals surface area contributed by atoms with Crippen molar-refractivity contribution in [3.8, 4) is 22.3 Å². The van der Waals surface area contributed by atoms with Gasteiger partial charge >= 0.3 is 14.2 Å². The van der Waals surface area contributed by atoms with Gasteiger partial charge in [0.15, 0.2) is 0 Å². The van der Waals surface area contributed by atoms with Crippen molar-refractivity contribution in [2.75, 3.05) is 0 Å². The highest BCUT2D eigenvalue weighted by atomic mass is 16.4. The second-order valence-corrected chi connectivity index (χ2v) is 5.45. The topological polar surface area (TPSA) is 80.9 Å². The first-order valence-corrected chi connectivity index (χ1v) is 7.01. The van der Waals surface area contributed by atoms with Crippen LogP contribution >= 0.6 is 0 Å². The highest BCUT2D eigenvalue weighted by molar-refractivity contribution is 6.69. The van der Waals surface area contributed by atoms with Crippen LogP contribution in [0.15, 0.2) is 48.5 Å². The van der Waals surface area contributed by atoms with Crippen LogP contribution in [0, 0.1) is 0 Å². The molecule has 0 aliphatic heterocycles. The van der Waals surface area contributed by atoms with E-state index in [0.717, 1.165) is 27.6 Å². The summed E-state index contributed by atoms with van der Waals surface area (Å²) in [6.45, 7) is 0. The van der Waals surface area contributed by atoms with Gasteiger partial charge in [-0.15, -0.1) is 0 Å². The van der Waals surface area contributed by atoms with Crippen molar-refractivity contribution in [3.63, 3.8) is 0 Å². The maximum atomic E-state index is 9.64. The summed E-state index contributed by atoms with van der Waals surface area (Å²) in [6.07, 6.45) is 0. The molecule has 0 saturated carbocycles. The fraction of sp³-hybridized carbons (Fsp3) is 0. The summed E-state index contributed by atoms with van der Waals surface area (Å²) in [7, 11) is -3.35. The van der Waals surface area contributed by atoms with Crippen molar-refractivity contribution >= 4 is 35.9 Å². The zero-order chi connectivity index (χ0) is 15.4. The van der Waals surface area contributed by atoms with Crippen molar-refractivity contribution in [3.05, 3.63) is 48.5 Å². The third-order valence-corrected chi connectivity index (χ3v) is 4.29. The van der Waals surface area contributed by atoms with E-state index in [9.17, 15) is 20.1 Å². The second-order valence-electron chi connectivity index (χ2n) is 5.45. The summed E-state index contributed by atoms with van der Waals surface area (Å²) in [5, 5.41) is 39.9. The monoisotopic (exact) mass is 290 g/mol. The molecule has 0 heterocycles. The van der Waals surface area contributed by atoms with E-state index in [1.165, 1.54) is 0 Å². The Hall–Kier alpha value is -2.11. The lowest BCUT2D eigenvalue weighted by atomic mass is 9.68. The molecule has 4 rings (SSSR count). The first-order chi connectivity index (χ1) is 10.6. The van der Waals surface area contributed by atoms with Crippen LogP contribution in [0.1, 0.15) is 0 Å². The van der Waals surface area contributed by atoms with E-state index in [2.05, 4.69) is 0 Å². The summed E-state index contributed by atoms with van der Waals surface area (Å²) < 4.78 is 0. The van der Waals surface area contributed by atoms with E-state index in [-0.39, 0.29) is 10.9 Å². The number of rotatable bonds is 2. The Bertz CT molecular complexity index is 836. The van der Waals surface area contributed by atoms with Crippen molar-refractivity contribution < 1.29 is 20.1 Å². The number of hydrogen-bond acceptors (Lipinski definition) is 4. The molecule has 0 amide bonds. The van der Waals surface area contributed by atoms with Crippen LogP contribution in [-0.2, 0) is 0 Å². The summed E-state index contributed by atoms with van der Waals surface area (Å²) in [4.78, 5) is 0. The van der Waals surface area contributed by atoms with Gasteiger partial charge in [0.1, 0.15) is 0 Å². The molecule has 1 aliphatic carbocycles. The van der Waals surface area contributed by atoms with Crippen molar-refractivity contribution in [2.24, 2.45) is 0 Å². The first-order valence-electron chi connectivity index (χ1n) is 7.01. The molecule has 3 aromatic carbocycles. The Morgan fingerprint density at radius 3 is 1.36 bits per heavy atom. The smallest absolute Gasteiger partial charge is 0.423 e. The molecule has 106 valence electrons. The zero-order valence-electron chi connectivity index (χ0n) is 11.6. The molecule has 4 N–H and O–H groups in total. The quantitative estimate of drug-likeness (QED) is 0.387. The Morgan fingerprint density at radius 1 is 0.500 bits per heavy atom. The molecule has 6 heteroatoms. The standard InChI is InChI=1S/C16H12B2O4/c19-17(20)13-7-5-11-9-3-1-2-4-10(9)12-6-8-14(18(21)22)16(13)15(11)12/h1-8,19-22H. The minimum atomic E-state index is -1.68. The molecule has 4 nitrogen and oxygen atoms in total. The van der Waals surface area contributed by atoms with E-state index in [1.807, 2.05) is 36.4 Å². The number of hydrogen-bond donors (Lipinski definition) is 4. The van der Waals surface area contributed by atoms with Gasteiger partial charge in [-0.05, 0) is 44.0 Å². The Morgan fingerprint density at radius 2 is 0.955 bits per heavy atom. The molecule has 0 aromatic heterocycles. The molecule has 1 aliphatic rings. The van der Waals surface area contributed by atoms with Crippen LogP contribution < -0.4 is 10.9 Å². The van der Waals surface area contributed by atoms with E-state index < -0.39 is 14.2 Å². The molecule has 0 atom stereocenters. The minimum absolute atomic E-state index is 0.275. The summed E-state index contributed by atoms with van der Waals surface area (Å²) >= 11 is 0. The highest BCUT2D eigenvalue weighted by Crippen LogP contribution is 2.45. The first kappa shape index (κ1) is 13.5. The molecule has 3 aromatic rings. The van der Waals surface area contributed by atoms with Gasteiger partial charge in [-0.3, -0.25) is 0 Å². The fourth-order valence-electron chi connectivity index (χ4n) is 3.38. The van der Waals surface area contributed by atoms with E-state index in [4.69, 9.17) is 0 Å². The van der Waals surface area contributed by atoms with Crippen molar-refractivity contribution in [1.82, 2.24) is 0 Å². The van der Waals surface area contributed by atoms with Gasteiger partial charge in [0.25, 0.3) is 0 Å². The third-order valence-electron chi connectivity index (χ3n) is 4.29. The van der Waals surface area contributed by atoms with Crippen LogP contribution in [0.25, 0.3) is 33.0 Å². The third kappa shape index (κ3) is 1.69. The molecular weight excluding hydrogens is 278 g/mol. The lowest BCUT2D eigenvalue weighted by Gasteiger charge is -2.13. The summed E-state index contributed by atoms with van der Waals surface area (Å²) in [5.74, 6) is 0. The van der Waals surface area contributed by atoms with Crippen molar-refractivity contribution in [2.45, 2.75) is 0 Å². The SMILES string of the molecule is OB(O)c1ccc2c3c(ccc(B(O)O)c13)-c1ccccc1-2. The van der Waals surface area contributed by atoms with Gasteiger partial charge in [0.05, 0.1) is 0 Å². The Kier molecular flexibility index (Phi) is 2.89. The highest BCUT2D eigenvalue weighted by Gasteiger charge is 2.29. The van der Waals surface area contributed by atoms with Crippen LogP contribution in [-0.4, -0.2) is 34.3 Å². The predicted octanol–water partition coefficient (Wildman–Crippen LogP) is -0.153. The van der Waals surface area contributed by atoms with E-state index in [1.54, 1.807) is 12.1 Å². The van der Waals surface area contributed by atoms with Gasteiger partial charge in [-0.1, -0.05) is 48.5 Å². The predicted molar refractivity (Wildman–Crippen MR) is 88.0 cm³/mol. The van der Waals surface area contributed by atoms with Crippen LogP contribution in [0.2, 0.25) is 0 Å². The maximum Gasteiger partial charge on any atom is 0.489 e. The summed E-state index contributed by atoms with van der Waals surface area (Å²) in [6, 6.07) is 14.9. The molecule has 0 unspecified atom stereocenters. The Balaban J connectivity index is 2.21. The second kappa shape index (κ2) is 4.69. The van der Waals surface area contributed by atoms with Crippen LogP contribution in [0.5, 0.6) is 0 Å². The minimum Gasteiger partial charge on any atom is -0.423 e. The molecule has 22 heavy (non-hydrogen) atoms. The maximum absolute atomic E-state index is 9.64. The molecule has 0 bridgehead atoms. The number of benzene rings is 3. The van der Waals surface area contributed by atoms with E-state index in [0.29, 0.717) is 5.39 Å². The summed E-state index contributed by atoms with van der Waals surface area (Å²) in [5.41, 5.74) is 4.60. The number of fused-ring (bicyclic) bond motifs is 3. The Labute approximate surface area is 127 Å². The van der Waals surface area contributed by atoms with Gasteiger partial charge in [-0.2, -0.15) is 0 Å².